The van der Waals surface area contributed by atoms with Gasteiger partial charge in [-0.1, -0.05) is 315 Å². The molecular weight excluding hydrogens is 1330 g/mol. The molecule has 15 aromatic rings. The number of rotatable bonds is 0. The van der Waals surface area contributed by atoms with Crippen LogP contribution in [-0.4, -0.2) is 34.2 Å². The van der Waals surface area contributed by atoms with E-state index in [9.17, 15) is 0 Å². The lowest BCUT2D eigenvalue weighted by Gasteiger charge is -2.37. The zero-order chi connectivity index (χ0) is 72.6. The monoisotopic (exact) mass is 1400 g/mol. The molecule has 0 unspecified atom stereocenters. The summed E-state index contributed by atoms with van der Waals surface area (Å²) in [5.41, 5.74) is 18.1. The third kappa shape index (κ3) is 11.6. The van der Waals surface area contributed by atoms with Gasteiger partial charge < -0.3 is 24.1 Å². The molecular formula is C100H70B5N5. The zero-order valence-electron chi connectivity index (χ0n) is 60.5. The predicted octanol–water partition coefficient (Wildman–Crippen LogP) is 25.1. The fourth-order valence-electron chi connectivity index (χ4n) is 17.6. The minimum atomic E-state index is 0.299. The predicted molar refractivity (Wildman–Crippen MR) is 484 cm³/mol. The number of anilines is 7. The number of benzene rings is 15. The Kier molecular flexibility index (Phi) is 16.0. The van der Waals surface area contributed by atoms with Gasteiger partial charge in [-0.15, -0.1) is 0 Å². The van der Waals surface area contributed by atoms with E-state index in [-0.39, 0.29) is 0 Å². The fourth-order valence-corrected chi connectivity index (χ4v) is 17.6. The van der Waals surface area contributed by atoms with Crippen LogP contribution in [0.4, 0.5) is 39.8 Å². The molecule has 0 aromatic heterocycles. The maximum atomic E-state index is 2.47. The van der Waals surface area contributed by atoms with Crippen molar-refractivity contribution in [3.63, 3.8) is 0 Å². The van der Waals surface area contributed by atoms with Crippen molar-refractivity contribution in [3.05, 3.63) is 421 Å². The van der Waals surface area contributed by atoms with E-state index in [1.54, 1.807) is 0 Å². The van der Waals surface area contributed by atoms with Gasteiger partial charge >= 0.3 is 34.2 Å². The number of hydrogen-bond acceptors (Lipinski definition) is 5. The van der Waals surface area contributed by atoms with Crippen molar-refractivity contribution < 1.29 is 0 Å². The van der Waals surface area contributed by atoms with Crippen LogP contribution in [0.15, 0.2) is 382 Å². The molecule has 5 nitrogen and oxygen atoms in total. The maximum absolute atomic E-state index is 2.47. The van der Waals surface area contributed by atoms with Gasteiger partial charge in [0.2, 0.25) is 0 Å². The van der Waals surface area contributed by atoms with Gasteiger partial charge in [-0.2, -0.15) is 0 Å². The SMILES string of the molecule is C1=CB2C=Cc3cc4c(ccc5ccccc54)cc3N2C=C1.C1=CB2C=Cc3cc4cc5ccccc5cc4cc3N2C=C1.C1=CB2C=Cc3cc4ccc5ccccc5c4cc3N2C=C1.C1=Cc2ccccc2N2B1C=Cc1cc3ccccc3cc12.C1=Cc2ccccc2N2B1C=Cc1ccc3ccccc3c12. The van der Waals surface area contributed by atoms with E-state index in [1.807, 2.05) is 0 Å². The summed E-state index contributed by atoms with van der Waals surface area (Å²) in [7, 11) is 0. The van der Waals surface area contributed by atoms with E-state index in [4.69, 9.17) is 0 Å². The number of fused-ring (bicyclic) bond motifs is 30. The first-order valence-corrected chi connectivity index (χ1v) is 38.4. The minimum Gasteiger partial charge on any atom is -0.383 e. The molecule has 0 amide bonds. The van der Waals surface area contributed by atoms with Crippen LogP contribution >= 0.6 is 0 Å². The van der Waals surface area contributed by atoms with Crippen LogP contribution in [-0.2, 0) is 0 Å². The molecule has 0 saturated carbocycles. The van der Waals surface area contributed by atoms with Gasteiger partial charge in [0.15, 0.2) is 0 Å². The van der Waals surface area contributed by atoms with E-state index in [0.717, 1.165) is 0 Å². The average Bonchev–Trinajstić information content (AvgIpc) is 0.743. The third-order valence-electron chi connectivity index (χ3n) is 23.1. The summed E-state index contributed by atoms with van der Waals surface area (Å²) in [5.74, 6) is 22.6. The van der Waals surface area contributed by atoms with Gasteiger partial charge in [-0.25, -0.2) is 0 Å². The molecule has 0 bridgehead atoms. The molecule has 0 fully saturated rings. The van der Waals surface area contributed by atoms with Crippen LogP contribution in [0.25, 0.3) is 129 Å². The molecule has 0 N–H and O–H groups in total. The maximum Gasteiger partial charge on any atom is 0.313 e. The van der Waals surface area contributed by atoms with E-state index in [2.05, 4.69) is 448 Å². The Hall–Kier alpha value is -13.7. The molecule has 110 heavy (non-hydrogen) atoms. The zero-order valence-corrected chi connectivity index (χ0v) is 60.5. The first kappa shape index (κ1) is 64.7. The van der Waals surface area contributed by atoms with E-state index in [0.29, 0.717) is 34.2 Å². The minimum absolute atomic E-state index is 0.299. The summed E-state index contributed by atoms with van der Waals surface area (Å²) >= 11 is 0. The van der Waals surface area contributed by atoms with Gasteiger partial charge in [-0.05, 0) is 229 Å². The molecule has 0 saturated heterocycles. The smallest absolute Gasteiger partial charge is 0.313 e. The Morgan fingerprint density at radius 3 is 1.07 bits per heavy atom. The Morgan fingerprint density at radius 2 is 0.509 bits per heavy atom. The second kappa shape index (κ2) is 27.3. The van der Waals surface area contributed by atoms with Crippen molar-refractivity contribution in [1.82, 2.24) is 0 Å². The summed E-state index contributed by atoms with van der Waals surface area (Å²) < 4.78 is 0. The first-order chi connectivity index (χ1) is 54.5. The highest BCUT2D eigenvalue weighted by Crippen LogP contribution is 2.46. The number of allylic oxidation sites excluding steroid dienone is 6. The van der Waals surface area contributed by atoms with E-state index < -0.39 is 0 Å². The Bertz CT molecular complexity index is 6730. The highest BCUT2D eigenvalue weighted by Gasteiger charge is 2.33. The lowest BCUT2D eigenvalue weighted by atomic mass is 9.55. The van der Waals surface area contributed by atoms with Crippen molar-refractivity contribution in [1.29, 1.82) is 0 Å². The normalized spacial score (nSPS) is 15.2. The topological polar surface area (TPSA) is 16.2 Å². The van der Waals surface area contributed by atoms with Crippen LogP contribution < -0.4 is 24.1 Å². The Balaban J connectivity index is 0.0000000873. The van der Waals surface area contributed by atoms with Crippen LogP contribution in [0.2, 0.25) is 0 Å². The highest BCUT2D eigenvalue weighted by molar-refractivity contribution is 6.79. The number of para-hydroxylation sites is 2. The highest BCUT2D eigenvalue weighted by atomic mass is 15.1. The number of hydrogen-bond donors (Lipinski definition) is 0. The third-order valence-corrected chi connectivity index (χ3v) is 23.1. The second-order valence-corrected chi connectivity index (χ2v) is 29.5. The van der Waals surface area contributed by atoms with Crippen LogP contribution in [0, 0.1) is 0 Å². The Morgan fingerprint density at radius 1 is 0.173 bits per heavy atom. The molecule has 10 aliphatic heterocycles. The molecule has 10 heterocycles. The molecule has 15 aromatic carbocycles. The van der Waals surface area contributed by atoms with Crippen molar-refractivity contribution in [3.8, 4) is 0 Å². The average molecular weight is 1400 g/mol. The Labute approximate surface area is 643 Å². The van der Waals surface area contributed by atoms with Gasteiger partial charge in [0.1, 0.15) is 0 Å². The molecule has 510 valence electrons. The van der Waals surface area contributed by atoms with E-state index in [1.165, 1.54) is 165 Å². The molecule has 0 radical (unpaired) electrons. The largest absolute Gasteiger partial charge is 0.383 e. The van der Waals surface area contributed by atoms with Gasteiger partial charge in [0.05, 0.1) is 0 Å². The van der Waals surface area contributed by atoms with Crippen LogP contribution in [0.5, 0.6) is 0 Å². The molecule has 0 aliphatic carbocycles. The van der Waals surface area contributed by atoms with Crippen molar-refractivity contribution in [2.45, 2.75) is 0 Å². The van der Waals surface area contributed by atoms with Crippen LogP contribution in [0.1, 0.15) is 38.9 Å². The van der Waals surface area contributed by atoms with Gasteiger partial charge in [-0.3, -0.25) is 0 Å². The number of nitrogens with zero attached hydrogens (tertiary/aromatic N) is 5. The van der Waals surface area contributed by atoms with Crippen molar-refractivity contribution in [2.24, 2.45) is 0 Å². The summed E-state index contributed by atoms with van der Waals surface area (Å²) in [6.07, 6.45) is 34.9. The summed E-state index contributed by atoms with van der Waals surface area (Å²) in [6.45, 7) is 1.63. The van der Waals surface area contributed by atoms with E-state index >= 15 is 0 Å². The molecule has 10 heteroatoms. The van der Waals surface area contributed by atoms with Crippen LogP contribution in [0.3, 0.4) is 0 Å². The molecule has 0 atom stereocenters. The molecule has 0 spiro atoms. The summed E-state index contributed by atoms with van der Waals surface area (Å²) in [5, 5.41) is 20.9. The summed E-state index contributed by atoms with van der Waals surface area (Å²) in [4.78, 5) is 11.9. The fraction of sp³-hybridized carbons (Fsp3) is 0. The molecule has 10 aliphatic rings. The van der Waals surface area contributed by atoms with Gasteiger partial charge in [0, 0.05) is 45.2 Å². The molecule has 25 rings (SSSR count). The second-order valence-electron chi connectivity index (χ2n) is 29.5. The first-order valence-electron chi connectivity index (χ1n) is 38.4. The summed E-state index contributed by atoms with van der Waals surface area (Å²) in [6, 6.07) is 96.7. The standard InChI is InChI=1S/5C20H14BN/c1-3-7-18-15(5-1)9-10-17-12-14-21-13-11-16-6-2-4-8-19(16)22(21)20(17)18;1-2-7-17-14-20-18(13-16(17)6-1)10-12-21-11-9-15-5-3-4-8-19(15)22(20)21;1-2-6-18-15(5-1)7-8-16-14-20-17(13-19(16)18)9-11-21-10-3-4-12-22(20)21;1-2-6-18-15(5-1)7-8-16-13-17-9-11-21-10-3-4-12-22(21)20(17)14-19(16)18;1-2-6-16-12-19-14-20-17(13-18(19)11-15(16)5-1)7-9-21-8-3-4-10-22(20)21/h5*1-14H. The lowest BCUT2D eigenvalue weighted by molar-refractivity contribution is 1.35. The quantitative estimate of drug-likeness (QED) is 0.0852. The van der Waals surface area contributed by atoms with Gasteiger partial charge in [0.25, 0.3) is 0 Å². The van der Waals surface area contributed by atoms with Crippen molar-refractivity contribution in [2.75, 3.05) is 24.1 Å². The van der Waals surface area contributed by atoms with Crippen molar-refractivity contribution >= 4 is 203 Å². The lowest BCUT2D eigenvalue weighted by Crippen LogP contribution is -2.37.